The van der Waals surface area contributed by atoms with E-state index in [1.807, 2.05) is 13.0 Å². The van der Waals surface area contributed by atoms with Crippen molar-refractivity contribution in [2.75, 3.05) is 0 Å². The Balaban J connectivity index is 2.62. The van der Waals surface area contributed by atoms with Crippen LogP contribution in [0.5, 0.6) is 0 Å². The van der Waals surface area contributed by atoms with Crippen LogP contribution in [0.3, 0.4) is 0 Å². The number of hydrogen-bond donors (Lipinski definition) is 1. The summed E-state index contributed by atoms with van der Waals surface area (Å²) in [6, 6.07) is 10.1. The Morgan fingerprint density at radius 2 is 2.05 bits per heavy atom. The third-order valence-electron chi connectivity index (χ3n) is 2.69. The zero-order valence-corrected chi connectivity index (χ0v) is 12.1. The van der Waals surface area contributed by atoms with Crippen molar-refractivity contribution in [2.24, 2.45) is 5.10 Å². The molecular weight excluding hydrogens is 250 g/mol. The molecule has 0 unspecified atom stereocenters. The van der Waals surface area contributed by atoms with Gasteiger partial charge in [-0.15, -0.1) is 0 Å². The summed E-state index contributed by atoms with van der Waals surface area (Å²) in [5.74, 6) is 0.115. The standard InChI is InChI=1S/C16H19N3O/c1-12(2)15-6-4-14(5-7-15)10-13(3)11-18-19-16(20)8-9-17/h4-7,10-12H,8H2,1-3H3,(H,19,20)/b13-10-,18-11?. The molecule has 1 aromatic carbocycles. The Morgan fingerprint density at radius 1 is 1.40 bits per heavy atom. The van der Waals surface area contributed by atoms with Crippen LogP contribution in [0.25, 0.3) is 6.08 Å². The number of carbonyl (C=O) groups excluding carboxylic acids is 1. The third-order valence-corrected chi connectivity index (χ3v) is 2.69. The predicted octanol–water partition coefficient (Wildman–Crippen LogP) is 3.23. The van der Waals surface area contributed by atoms with Gasteiger partial charge in [0.2, 0.25) is 0 Å². The van der Waals surface area contributed by atoms with Gasteiger partial charge in [-0.25, -0.2) is 5.43 Å². The number of hydrazone groups is 1. The van der Waals surface area contributed by atoms with Crippen molar-refractivity contribution in [3.8, 4) is 6.07 Å². The van der Waals surface area contributed by atoms with Gasteiger partial charge >= 0.3 is 0 Å². The van der Waals surface area contributed by atoms with Gasteiger partial charge in [-0.2, -0.15) is 10.4 Å². The highest BCUT2D eigenvalue weighted by Crippen LogP contribution is 2.15. The van der Waals surface area contributed by atoms with Crippen LogP contribution in [-0.2, 0) is 4.79 Å². The molecule has 0 aromatic heterocycles. The molecule has 0 saturated heterocycles. The molecule has 0 aliphatic heterocycles. The molecule has 1 amide bonds. The fourth-order valence-electron chi connectivity index (χ4n) is 1.59. The van der Waals surface area contributed by atoms with Crippen LogP contribution in [0.1, 0.15) is 44.2 Å². The number of benzene rings is 1. The van der Waals surface area contributed by atoms with E-state index in [4.69, 9.17) is 5.26 Å². The second kappa shape index (κ2) is 7.90. The maximum atomic E-state index is 11.0. The summed E-state index contributed by atoms with van der Waals surface area (Å²) in [6.45, 7) is 6.22. The lowest BCUT2D eigenvalue weighted by molar-refractivity contribution is -0.120. The number of hydrogen-bond acceptors (Lipinski definition) is 3. The summed E-state index contributed by atoms with van der Waals surface area (Å²) >= 11 is 0. The summed E-state index contributed by atoms with van der Waals surface area (Å²) in [6.07, 6.45) is 3.35. The number of nitriles is 1. The normalized spacial score (nSPS) is 11.7. The highest BCUT2D eigenvalue weighted by atomic mass is 16.2. The SMILES string of the molecule is C/C(C=NNC(=O)CC#N)=C/c1ccc(C(C)C)cc1. The number of amides is 1. The van der Waals surface area contributed by atoms with Crippen LogP contribution in [0.2, 0.25) is 0 Å². The van der Waals surface area contributed by atoms with Crippen molar-refractivity contribution in [1.82, 2.24) is 5.43 Å². The minimum absolute atomic E-state index is 0.184. The molecule has 1 aromatic rings. The molecule has 1 N–H and O–H groups in total. The van der Waals surface area contributed by atoms with E-state index in [1.165, 1.54) is 5.56 Å². The first kappa shape index (κ1) is 15.6. The molecule has 0 radical (unpaired) electrons. The molecule has 0 saturated carbocycles. The quantitative estimate of drug-likeness (QED) is 0.658. The molecule has 0 bridgehead atoms. The maximum Gasteiger partial charge on any atom is 0.254 e. The summed E-state index contributed by atoms with van der Waals surface area (Å²) in [5, 5.41) is 12.1. The van der Waals surface area contributed by atoms with Crippen LogP contribution in [0, 0.1) is 11.3 Å². The Hall–Kier alpha value is -2.41. The first-order chi connectivity index (χ1) is 9.52. The Kier molecular flexibility index (Phi) is 6.18. The van der Waals surface area contributed by atoms with E-state index in [0.29, 0.717) is 5.92 Å². The molecule has 0 atom stereocenters. The van der Waals surface area contributed by atoms with E-state index >= 15 is 0 Å². The number of nitrogens with one attached hydrogen (secondary N) is 1. The summed E-state index contributed by atoms with van der Waals surface area (Å²) in [7, 11) is 0. The Morgan fingerprint density at radius 3 is 2.60 bits per heavy atom. The molecule has 0 aliphatic carbocycles. The summed E-state index contributed by atoms with van der Waals surface area (Å²) in [5.41, 5.74) is 5.60. The number of nitrogens with zero attached hydrogens (tertiary/aromatic N) is 2. The number of rotatable bonds is 5. The van der Waals surface area contributed by atoms with E-state index < -0.39 is 5.91 Å². The zero-order chi connectivity index (χ0) is 15.0. The van der Waals surface area contributed by atoms with Crippen molar-refractivity contribution < 1.29 is 4.79 Å². The van der Waals surface area contributed by atoms with Crippen LogP contribution in [0.4, 0.5) is 0 Å². The van der Waals surface area contributed by atoms with Gasteiger partial charge in [0.15, 0.2) is 0 Å². The average molecular weight is 269 g/mol. The topological polar surface area (TPSA) is 65.2 Å². The van der Waals surface area contributed by atoms with Crippen molar-refractivity contribution >= 4 is 18.2 Å². The minimum Gasteiger partial charge on any atom is -0.272 e. The minimum atomic E-state index is -0.405. The van der Waals surface area contributed by atoms with E-state index in [0.717, 1.165) is 11.1 Å². The maximum absolute atomic E-state index is 11.0. The molecule has 1 rings (SSSR count). The lowest BCUT2D eigenvalue weighted by Crippen LogP contribution is -2.16. The number of allylic oxidation sites excluding steroid dienone is 1. The lowest BCUT2D eigenvalue weighted by Gasteiger charge is -2.04. The Labute approximate surface area is 119 Å². The highest BCUT2D eigenvalue weighted by Gasteiger charge is 1.98. The van der Waals surface area contributed by atoms with Gasteiger partial charge in [0.05, 0.1) is 12.3 Å². The van der Waals surface area contributed by atoms with E-state index in [-0.39, 0.29) is 6.42 Å². The molecule has 0 heterocycles. The van der Waals surface area contributed by atoms with Crippen molar-refractivity contribution in [3.63, 3.8) is 0 Å². The van der Waals surface area contributed by atoms with Gasteiger partial charge in [-0.1, -0.05) is 44.2 Å². The lowest BCUT2D eigenvalue weighted by atomic mass is 10.0. The largest absolute Gasteiger partial charge is 0.272 e. The molecule has 0 spiro atoms. The van der Waals surface area contributed by atoms with Gasteiger partial charge < -0.3 is 0 Å². The smallest absolute Gasteiger partial charge is 0.254 e. The average Bonchev–Trinajstić information content (AvgIpc) is 2.39. The fraction of sp³-hybridized carbons (Fsp3) is 0.312. The van der Waals surface area contributed by atoms with Crippen molar-refractivity contribution in [2.45, 2.75) is 33.1 Å². The van der Waals surface area contributed by atoms with E-state index in [2.05, 4.69) is 48.6 Å². The van der Waals surface area contributed by atoms with Crippen LogP contribution < -0.4 is 5.43 Å². The van der Waals surface area contributed by atoms with Crippen LogP contribution in [0.15, 0.2) is 34.9 Å². The third kappa shape index (κ3) is 5.49. The zero-order valence-electron chi connectivity index (χ0n) is 12.1. The molecular formula is C16H19N3O. The summed E-state index contributed by atoms with van der Waals surface area (Å²) in [4.78, 5) is 11.0. The van der Waals surface area contributed by atoms with Gasteiger partial charge in [0, 0.05) is 0 Å². The van der Waals surface area contributed by atoms with E-state index in [1.54, 1.807) is 12.3 Å². The van der Waals surface area contributed by atoms with Crippen LogP contribution in [-0.4, -0.2) is 12.1 Å². The fourth-order valence-corrected chi connectivity index (χ4v) is 1.59. The van der Waals surface area contributed by atoms with Gasteiger partial charge in [0.25, 0.3) is 5.91 Å². The second-order valence-electron chi connectivity index (χ2n) is 4.84. The number of carbonyl (C=O) groups is 1. The van der Waals surface area contributed by atoms with Crippen molar-refractivity contribution in [3.05, 3.63) is 41.0 Å². The second-order valence-corrected chi connectivity index (χ2v) is 4.84. The van der Waals surface area contributed by atoms with Gasteiger partial charge in [0.1, 0.15) is 6.42 Å². The highest BCUT2D eigenvalue weighted by molar-refractivity contribution is 5.86. The monoisotopic (exact) mass is 269 g/mol. The molecule has 0 aliphatic rings. The summed E-state index contributed by atoms with van der Waals surface area (Å²) < 4.78 is 0. The van der Waals surface area contributed by atoms with Crippen molar-refractivity contribution in [1.29, 1.82) is 5.26 Å². The van der Waals surface area contributed by atoms with E-state index in [9.17, 15) is 4.79 Å². The predicted molar refractivity (Wildman–Crippen MR) is 81.0 cm³/mol. The van der Waals surface area contributed by atoms with Gasteiger partial charge in [-0.3, -0.25) is 4.79 Å². The molecule has 4 nitrogen and oxygen atoms in total. The van der Waals surface area contributed by atoms with Crippen LogP contribution >= 0.6 is 0 Å². The van der Waals surface area contributed by atoms with Gasteiger partial charge in [-0.05, 0) is 29.5 Å². The molecule has 104 valence electrons. The Bertz CT molecular complexity index is 548. The molecule has 0 fully saturated rings. The molecule has 20 heavy (non-hydrogen) atoms. The first-order valence-corrected chi connectivity index (χ1v) is 6.50. The first-order valence-electron chi connectivity index (χ1n) is 6.50. The molecule has 4 heteroatoms.